The van der Waals surface area contributed by atoms with E-state index in [1.165, 1.54) is 0 Å². The topological polar surface area (TPSA) is 63.6 Å². The summed E-state index contributed by atoms with van der Waals surface area (Å²) in [5.41, 5.74) is 1.48. The van der Waals surface area contributed by atoms with Gasteiger partial charge in [0.05, 0.1) is 17.4 Å². The molecule has 4 nitrogen and oxygen atoms in total. The number of hydrogen-bond donors (Lipinski definition) is 1. The molecule has 1 aliphatic heterocycles. The van der Waals surface area contributed by atoms with Crippen molar-refractivity contribution in [1.29, 1.82) is 0 Å². The van der Waals surface area contributed by atoms with Crippen molar-refractivity contribution in [3.63, 3.8) is 0 Å². The van der Waals surface area contributed by atoms with E-state index in [9.17, 15) is 14.7 Å². The van der Waals surface area contributed by atoms with Crippen LogP contribution in [0.4, 0.5) is 0 Å². The number of esters is 1. The van der Waals surface area contributed by atoms with Crippen LogP contribution in [0.25, 0.3) is 0 Å². The lowest BCUT2D eigenvalue weighted by Crippen LogP contribution is -2.51. The second kappa shape index (κ2) is 3.92. The number of aliphatic hydroxyl groups is 1. The Morgan fingerprint density at radius 1 is 1.32 bits per heavy atom. The first-order chi connectivity index (χ1) is 8.86. The van der Waals surface area contributed by atoms with Crippen molar-refractivity contribution in [2.45, 2.75) is 52.2 Å². The highest BCUT2D eigenvalue weighted by molar-refractivity contribution is 5.90. The number of carbonyl (C=O) groups is 2. The summed E-state index contributed by atoms with van der Waals surface area (Å²) in [6, 6.07) is 0. The van der Waals surface area contributed by atoms with Gasteiger partial charge in [-0.3, -0.25) is 9.59 Å². The minimum Gasteiger partial charge on any atom is -0.457 e. The summed E-state index contributed by atoms with van der Waals surface area (Å²) in [7, 11) is 0. The highest BCUT2D eigenvalue weighted by Crippen LogP contribution is 2.54. The Morgan fingerprint density at radius 2 is 2.00 bits per heavy atom. The van der Waals surface area contributed by atoms with E-state index in [1.807, 2.05) is 13.8 Å². The molecule has 4 heteroatoms. The van der Waals surface area contributed by atoms with Crippen LogP contribution in [0.3, 0.4) is 0 Å². The van der Waals surface area contributed by atoms with Gasteiger partial charge in [-0.15, -0.1) is 0 Å². The summed E-state index contributed by atoms with van der Waals surface area (Å²) in [4.78, 5) is 24.1. The van der Waals surface area contributed by atoms with Gasteiger partial charge in [0.2, 0.25) is 0 Å². The number of Topliss-reactive ketones (excluding diaryl/α,β-unsaturated/α-hetero) is 1. The minimum absolute atomic E-state index is 0.168. The maximum Gasteiger partial charge on any atom is 0.309 e. The van der Waals surface area contributed by atoms with E-state index in [0.29, 0.717) is 12.8 Å². The smallest absolute Gasteiger partial charge is 0.309 e. The third-order valence-electron chi connectivity index (χ3n) is 5.28. The molecular weight excluding hydrogens is 244 g/mol. The maximum absolute atomic E-state index is 12.3. The fourth-order valence-corrected chi connectivity index (χ4v) is 4.18. The molecule has 0 aromatic heterocycles. The molecule has 0 amide bonds. The van der Waals surface area contributed by atoms with Crippen molar-refractivity contribution >= 4 is 11.8 Å². The van der Waals surface area contributed by atoms with Gasteiger partial charge < -0.3 is 9.84 Å². The van der Waals surface area contributed by atoms with E-state index in [1.54, 1.807) is 6.92 Å². The predicted molar refractivity (Wildman–Crippen MR) is 68.2 cm³/mol. The van der Waals surface area contributed by atoms with Gasteiger partial charge in [0.25, 0.3) is 0 Å². The van der Waals surface area contributed by atoms with Crippen LogP contribution in [0.1, 0.15) is 40.0 Å². The van der Waals surface area contributed by atoms with Crippen LogP contribution in [-0.4, -0.2) is 29.1 Å². The van der Waals surface area contributed by atoms with Crippen LogP contribution in [0.5, 0.6) is 0 Å². The molecule has 0 bridgehead atoms. The van der Waals surface area contributed by atoms with Crippen molar-refractivity contribution in [2.75, 3.05) is 0 Å². The van der Waals surface area contributed by atoms with Crippen molar-refractivity contribution < 1.29 is 19.4 Å². The first-order valence-electron chi connectivity index (χ1n) is 6.98. The van der Waals surface area contributed by atoms with Crippen LogP contribution in [0, 0.1) is 17.3 Å². The molecular formula is C15H20O4. The molecule has 1 saturated carbocycles. The SMILES string of the molecule is CC1=C2[C@@H]3OC(=O)[C@@H](C)[C@@H]3[C@H](O)C[C@@]2(C)C(=O)CC1. The lowest BCUT2D eigenvalue weighted by molar-refractivity contribution is -0.145. The van der Waals surface area contributed by atoms with Crippen LogP contribution < -0.4 is 0 Å². The molecule has 5 atom stereocenters. The van der Waals surface area contributed by atoms with Gasteiger partial charge in [0.1, 0.15) is 11.9 Å². The Morgan fingerprint density at radius 3 is 2.68 bits per heavy atom. The van der Waals surface area contributed by atoms with Gasteiger partial charge in [-0.2, -0.15) is 0 Å². The lowest BCUT2D eigenvalue weighted by Gasteiger charge is -2.46. The second-order valence-electron chi connectivity index (χ2n) is 6.44. The van der Waals surface area contributed by atoms with Gasteiger partial charge in [-0.1, -0.05) is 12.5 Å². The van der Waals surface area contributed by atoms with Gasteiger partial charge in [0.15, 0.2) is 0 Å². The molecule has 0 spiro atoms. The van der Waals surface area contributed by atoms with E-state index >= 15 is 0 Å². The molecule has 19 heavy (non-hydrogen) atoms. The lowest BCUT2D eigenvalue weighted by atomic mass is 9.58. The van der Waals surface area contributed by atoms with E-state index in [4.69, 9.17) is 4.74 Å². The summed E-state index contributed by atoms with van der Waals surface area (Å²) in [6.07, 6.45) is 0.644. The zero-order chi connectivity index (χ0) is 13.9. The van der Waals surface area contributed by atoms with Gasteiger partial charge in [-0.25, -0.2) is 0 Å². The fourth-order valence-electron chi connectivity index (χ4n) is 4.18. The van der Waals surface area contributed by atoms with E-state index in [0.717, 1.165) is 17.6 Å². The highest BCUT2D eigenvalue weighted by Gasteiger charge is 2.59. The maximum atomic E-state index is 12.3. The molecule has 1 saturated heterocycles. The standard InChI is InChI=1S/C15H20O4/c1-7-4-5-10(17)15(3)6-9(16)11-8(2)14(18)19-13(11)12(7)15/h8-9,11,13,16H,4-6H2,1-3H3/t8-,9+,11+,13+,15-/m0/s1. The number of fused-ring (bicyclic) bond motifs is 3. The summed E-state index contributed by atoms with van der Waals surface area (Å²) in [6.45, 7) is 5.72. The van der Waals surface area contributed by atoms with Crippen molar-refractivity contribution in [3.8, 4) is 0 Å². The molecule has 0 aromatic carbocycles. The average Bonchev–Trinajstić information content (AvgIpc) is 2.61. The highest BCUT2D eigenvalue weighted by atomic mass is 16.6. The summed E-state index contributed by atoms with van der Waals surface area (Å²) < 4.78 is 5.49. The largest absolute Gasteiger partial charge is 0.457 e. The number of ketones is 1. The zero-order valence-corrected chi connectivity index (χ0v) is 11.6. The third kappa shape index (κ3) is 1.55. The molecule has 3 rings (SSSR count). The molecule has 1 heterocycles. The Bertz CT molecular complexity index is 492. The van der Waals surface area contributed by atoms with Gasteiger partial charge in [0, 0.05) is 12.3 Å². The Hall–Kier alpha value is -1.16. The summed E-state index contributed by atoms with van der Waals surface area (Å²) in [5.74, 6) is -0.573. The molecule has 2 fully saturated rings. The van der Waals surface area contributed by atoms with Crippen molar-refractivity contribution in [3.05, 3.63) is 11.1 Å². The number of aliphatic hydroxyl groups excluding tert-OH is 1. The van der Waals surface area contributed by atoms with Gasteiger partial charge in [-0.05, 0) is 32.3 Å². The Labute approximate surface area is 112 Å². The van der Waals surface area contributed by atoms with Crippen molar-refractivity contribution in [1.82, 2.24) is 0 Å². The Kier molecular flexibility index (Phi) is 2.65. The number of carbonyl (C=O) groups excluding carboxylic acids is 2. The molecule has 3 aliphatic rings. The number of ether oxygens (including phenoxy) is 1. The monoisotopic (exact) mass is 264 g/mol. The quantitative estimate of drug-likeness (QED) is 0.533. The zero-order valence-electron chi connectivity index (χ0n) is 11.6. The second-order valence-corrected chi connectivity index (χ2v) is 6.44. The van der Waals surface area contributed by atoms with Crippen LogP contribution in [0.2, 0.25) is 0 Å². The molecule has 104 valence electrons. The molecule has 0 unspecified atom stereocenters. The van der Waals surface area contributed by atoms with Crippen molar-refractivity contribution in [2.24, 2.45) is 17.3 Å². The van der Waals surface area contributed by atoms with E-state index in [-0.39, 0.29) is 23.6 Å². The van der Waals surface area contributed by atoms with Crippen LogP contribution >= 0.6 is 0 Å². The number of rotatable bonds is 0. The molecule has 1 N–H and O–H groups in total. The minimum atomic E-state index is -0.646. The van der Waals surface area contributed by atoms with E-state index in [2.05, 4.69) is 0 Å². The first kappa shape index (κ1) is 12.9. The molecule has 0 radical (unpaired) electrons. The summed E-state index contributed by atoms with van der Waals surface area (Å²) >= 11 is 0. The van der Waals surface area contributed by atoms with Crippen LogP contribution in [0.15, 0.2) is 11.1 Å². The van der Waals surface area contributed by atoms with Gasteiger partial charge >= 0.3 is 5.97 Å². The molecule has 0 aromatic rings. The van der Waals surface area contributed by atoms with E-state index < -0.39 is 17.6 Å². The number of allylic oxidation sites excluding steroid dienone is 1. The normalized spacial score (nSPS) is 45.9. The number of hydrogen-bond acceptors (Lipinski definition) is 4. The Balaban J connectivity index is 2.12. The summed E-state index contributed by atoms with van der Waals surface area (Å²) in [5, 5.41) is 10.4. The fraction of sp³-hybridized carbons (Fsp3) is 0.733. The average molecular weight is 264 g/mol. The van der Waals surface area contributed by atoms with Crippen LogP contribution in [-0.2, 0) is 14.3 Å². The predicted octanol–water partition coefficient (Wildman–Crippen LogP) is 1.61. The first-order valence-corrected chi connectivity index (χ1v) is 6.98. The third-order valence-corrected chi connectivity index (χ3v) is 5.28. The molecule has 2 aliphatic carbocycles.